The lowest BCUT2D eigenvalue weighted by molar-refractivity contribution is 0.185. The van der Waals surface area contributed by atoms with E-state index < -0.39 is 0 Å². The van der Waals surface area contributed by atoms with Crippen LogP contribution in [0.2, 0.25) is 5.02 Å². The number of rotatable bonds is 3. The van der Waals surface area contributed by atoms with E-state index in [-0.39, 0.29) is 0 Å². The van der Waals surface area contributed by atoms with E-state index in [9.17, 15) is 0 Å². The smallest absolute Gasteiger partial charge is 0.182 e. The molecule has 3 nitrogen and oxygen atoms in total. The second-order valence-electron chi connectivity index (χ2n) is 4.53. The van der Waals surface area contributed by atoms with E-state index in [1.807, 2.05) is 41.0 Å². The van der Waals surface area contributed by atoms with Crippen LogP contribution in [0.15, 0.2) is 42.5 Å². The van der Waals surface area contributed by atoms with Crippen molar-refractivity contribution in [3.05, 3.63) is 57.8 Å². The Labute approximate surface area is 126 Å². The lowest BCUT2D eigenvalue weighted by Crippen LogP contribution is -1.96. The maximum absolute atomic E-state index is 6.09. The summed E-state index contributed by atoms with van der Waals surface area (Å²) < 4.78 is 7.80. The van der Waals surface area contributed by atoms with E-state index in [0.29, 0.717) is 16.4 Å². The van der Waals surface area contributed by atoms with E-state index in [4.69, 9.17) is 28.6 Å². The van der Waals surface area contributed by atoms with Crippen molar-refractivity contribution in [2.24, 2.45) is 0 Å². The Hall–Kier alpha value is -1.62. The topological polar surface area (TPSA) is 29.9 Å². The number of ether oxygens (including phenoxy) is 1. The fourth-order valence-electron chi connectivity index (χ4n) is 2.28. The average Bonchev–Trinajstić information content (AvgIpc) is 2.75. The van der Waals surface area contributed by atoms with Crippen LogP contribution in [0, 0.1) is 4.77 Å². The van der Waals surface area contributed by atoms with Gasteiger partial charge in [0, 0.05) is 17.8 Å². The van der Waals surface area contributed by atoms with Gasteiger partial charge in [0.15, 0.2) is 4.77 Å². The van der Waals surface area contributed by atoms with Crippen molar-refractivity contribution < 1.29 is 4.74 Å². The summed E-state index contributed by atoms with van der Waals surface area (Å²) in [5, 5.41) is 0.688. The maximum Gasteiger partial charge on any atom is 0.182 e. The first kappa shape index (κ1) is 13.4. The van der Waals surface area contributed by atoms with Crippen LogP contribution in [-0.4, -0.2) is 16.7 Å². The standard InChI is InChI=1S/C15H13ClN2OS/c1-19-9-10-3-2-4-12(7-10)18-14-8-11(16)5-6-13(14)17-15(18)20/h2-8H,9H2,1H3,(H,17,20). The zero-order chi connectivity index (χ0) is 14.1. The molecule has 3 rings (SSSR count). The number of H-pyrrole nitrogens is 1. The molecule has 0 atom stereocenters. The van der Waals surface area contributed by atoms with Crippen LogP contribution < -0.4 is 0 Å². The van der Waals surface area contributed by atoms with Gasteiger partial charge in [0.1, 0.15) is 0 Å². The predicted molar refractivity (Wildman–Crippen MR) is 84.2 cm³/mol. The van der Waals surface area contributed by atoms with E-state index in [1.54, 1.807) is 7.11 Å². The van der Waals surface area contributed by atoms with Gasteiger partial charge in [-0.2, -0.15) is 0 Å². The summed E-state index contributed by atoms with van der Waals surface area (Å²) in [6, 6.07) is 13.8. The first-order valence-electron chi connectivity index (χ1n) is 6.17. The molecule has 0 fully saturated rings. The van der Waals surface area contributed by atoms with Crippen molar-refractivity contribution in [2.45, 2.75) is 6.61 Å². The van der Waals surface area contributed by atoms with E-state index in [1.165, 1.54) is 0 Å². The van der Waals surface area contributed by atoms with Crippen LogP contribution in [-0.2, 0) is 11.3 Å². The molecule has 20 heavy (non-hydrogen) atoms. The quantitative estimate of drug-likeness (QED) is 0.723. The number of hydrogen-bond acceptors (Lipinski definition) is 2. The molecule has 0 radical (unpaired) electrons. The number of halogens is 1. The molecule has 1 N–H and O–H groups in total. The second-order valence-corrected chi connectivity index (χ2v) is 5.35. The predicted octanol–water partition coefficient (Wildman–Crippen LogP) is 4.49. The van der Waals surface area contributed by atoms with Crippen LogP contribution in [0.4, 0.5) is 0 Å². The van der Waals surface area contributed by atoms with Gasteiger partial charge in [-0.3, -0.25) is 4.57 Å². The highest BCUT2D eigenvalue weighted by Crippen LogP contribution is 2.23. The zero-order valence-corrected chi connectivity index (χ0v) is 12.5. The van der Waals surface area contributed by atoms with Crippen LogP contribution in [0.3, 0.4) is 0 Å². The van der Waals surface area contributed by atoms with Crippen LogP contribution in [0.25, 0.3) is 16.7 Å². The number of aromatic amines is 1. The third-order valence-corrected chi connectivity index (χ3v) is 3.64. The first-order valence-corrected chi connectivity index (χ1v) is 6.96. The first-order chi connectivity index (χ1) is 9.69. The van der Waals surface area contributed by atoms with Gasteiger partial charge in [-0.1, -0.05) is 23.7 Å². The van der Waals surface area contributed by atoms with Crippen LogP contribution >= 0.6 is 23.8 Å². The molecule has 0 bridgehead atoms. The van der Waals surface area contributed by atoms with Gasteiger partial charge < -0.3 is 9.72 Å². The molecule has 1 aromatic heterocycles. The summed E-state index contributed by atoms with van der Waals surface area (Å²) in [6.45, 7) is 0.574. The van der Waals surface area contributed by atoms with Crippen molar-refractivity contribution in [1.29, 1.82) is 0 Å². The summed E-state index contributed by atoms with van der Waals surface area (Å²) in [5.74, 6) is 0. The number of fused-ring (bicyclic) bond motifs is 1. The highest BCUT2D eigenvalue weighted by molar-refractivity contribution is 7.71. The molecule has 102 valence electrons. The number of nitrogens with zero attached hydrogens (tertiary/aromatic N) is 1. The highest BCUT2D eigenvalue weighted by Gasteiger charge is 2.07. The van der Waals surface area contributed by atoms with Gasteiger partial charge in [0.2, 0.25) is 0 Å². The summed E-state index contributed by atoms with van der Waals surface area (Å²) in [6.07, 6.45) is 0. The van der Waals surface area contributed by atoms with Crippen molar-refractivity contribution in [3.8, 4) is 5.69 Å². The molecule has 0 aliphatic carbocycles. The van der Waals surface area contributed by atoms with Crippen molar-refractivity contribution in [2.75, 3.05) is 7.11 Å². The van der Waals surface area contributed by atoms with E-state index in [2.05, 4.69) is 11.1 Å². The lowest BCUT2D eigenvalue weighted by atomic mass is 10.2. The largest absolute Gasteiger partial charge is 0.380 e. The number of aromatic nitrogens is 2. The third-order valence-electron chi connectivity index (χ3n) is 3.13. The minimum absolute atomic E-state index is 0.574. The van der Waals surface area contributed by atoms with Gasteiger partial charge in [-0.15, -0.1) is 0 Å². The SMILES string of the molecule is COCc1cccc(-n2c(=S)[nH]c3ccc(Cl)cc32)c1. The molecule has 5 heteroatoms. The normalized spacial score (nSPS) is 11.1. The number of methoxy groups -OCH3 is 1. The molecule has 0 amide bonds. The Balaban J connectivity index is 2.23. The highest BCUT2D eigenvalue weighted by atomic mass is 35.5. The van der Waals surface area contributed by atoms with Crippen LogP contribution in [0.5, 0.6) is 0 Å². The molecule has 3 aromatic rings. The molecular weight excluding hydrogens is 292 g/mol. The third kappa shape index (κ3) is 2.38. The Morgan fingerprint density at radius 1 is 1.25 bits per heavy atom. The average molecular weight is 305 g/mol. The van der Waals surface area contributed by atoms with Gasteiger partial charge in [-0.25, -0.2) is 0 Å². The summed E-state index contributed by atoms with van der Waals surface area (Å²) in [4.78, 5) is 3.19. The molecular formula is C15H13ClN2OS. The second kappa shape index (κ2) is 5.40. The fraction of sp³-hybridized carbons (Fsp3) is 0.133. The molecule has 1 heterocycles. The minimum Gasteiger partial charge on any atom is -0.380 e. The molecule has 0 aliphatic rings. The van der Waals surface area contributed by atoms with Gasteiger partial charge in [0.25, 0.3) is 0 Å². The molecule has 2 aromatic carbocycles. The van der Waals surface area contributed by atoms with Crippen molar-refractivity contribution >= 4 is 34.9 Å². The van der Waals surface area contributed by atoms with Crippen molar-refractivity contribution in [1.82, 2.24) is 9.55 Å². The van der Waals surface area contributed by atoms with Gasteiger partial charge >= 0.3 is 0 Å². The Morgan fingerprint density at radius 3 is 2.90 bits per heavy atom. The lowest BCUT2D eigenvalue weighted by Gasteiger charge is -2.07. The Kier molecular flexibility index (Phi) is 3.61. The molecule has 0 unspecified atom stereocenters. The summed E-state index contributed by atoms with van der Waals surface area (Å²) >= 11 is 11.5. The monoisotopic (exact) mass is 304 g/mol. The summed E-state index contributed by atoms with van der Waals surface area (Å²) in [5.41, 5.74) is 4.04. The maximum atomic E-state index is 6.09. The Bertz CT molecular complexity index is 822. The number of nitrogens with one attached hydrogen (secondary N) is 1. The molecule has 0 spiro atoms. The molecule has 0 saturated carbocycles. The van der Waals surface area contributed by atoms with Crippen LogP contribution in [0.1, 0.15) is 5.56 Å². The number of hydrogen-bond donors (Lipinski definition) is 1. The van der Waals surface area contributed by atoms with E-state index >= 15 is 0 Å². The molecule has 0 aliphatic heterocycles. The zero-order valence-electron chi connectivity index (χ0n) is 10.9. The molecule has 0 saturated heterocycles. The Morgan fingerprint density at radius 2 is 2.10 bits per heavy atom. The number of imidazole rings is 1. The number of benzene rings is 2. The van der Waals surface area contributed by atoms with Gasteiger partial charge in [0.05, 0.1) is 17.6 Å². The van der Waals surface area contributed by atoms with E-state index in [0.717, 1.165) is 22.3 Å². The van der Waals surface area contributed by atoms with Crippen molar-refractivity contribution in [3.63, 3.8) is 0 Å². The minimum atomic E-state index is 0.574. The fourth-order valence-corrected chi connectivity index (χ4v) is 2.76. The van der Waals surface area contributed by atoms with Gasteiger partial charge in [-0.05, 0) is 48.1 Å². The summed E-state index contributed by atoms with van der Waals surface area (Å²) in [7, 11) is 1.68.